The molecule has 4 rings (SSSR count). The van der Waals surface area contributed by atoms with Gasteiger partial charge >= 0.3 is 5.82 Å². The van der Waals surface area contributed by atoms with Crippen molar-refractivity contribution in [2.45, 2.75) is 33.9 Å². The lowest BCUT2D eigenvalue weighted by Gasteiger charge is -2.09. The van der Waals surface area contributed by atoms with Gasteiger partial charge in [0.05, 0.1) is 53.1 Å². The number of hydrogen-bond acceptors (Lipinski definition) is 7. The number of benzene rings is 1. The van der Waals surface area contributed by atoms with Crippen LogP contribution in [0, 0.1) is 30.9 Å². The first-order chi connectivity index (χ1) is 16.2. The zero-order chi connectivity index (χ0) is 24.6. The molecule has 0 radical (unpaired) electrons. The van der Waals surface area contributed by atoms with Crippen molar-refractivity contribution in [3.8, 4) is 0 Å². The summed E-state index contributed by atoms with van der Waals surface area (Å²) in [5.41, 5.74) is 3.05. The van der Waals surface area contributed by atoms with Crippen LogP contribution in [0.2, 0.25) is 10.0 Å². The number of aromatic nitrogens is 5. The number of nitrogens with one attached hydrogen (secondary N) is 1. The van der Waals surface area contributed by atoms with Crippen LogP contribution in [0.25, 0.3) is 0 Å². The molecule has 0 aliphatic heterocycles. The molecule has 3 aromatic heterocycles. The van der Waals surface area contributed by atoms with Crippen molar-refractivity contribution in [1.82, 2.24) is 24.7 Å². The molecule has 0 atom stereocenters. The predicted molar refractivity (Wildman–Crippen MR) is 124 cm³/mol. The Kier molecular flexibility index (Phi) is 6.40. The zero-order valence-corrected chi connectivity index (χ0v) is 19.9. The Bertz CT molecular complexity index is 1390. The summed E-state index contributed by atoms with van der Waals surface area (Å²) in [5.74, 6) is -0.395. The first-order valence-corrected chi connectivity index (χ1v) is 10.8. The fraction of sp³-hybridized carbons (Fsp3) is 0.238. The molecule has 0 unspecified atom stereocenters. The molecule has 3 heterocycles. The van der Waals surface area contributed by atoms with Crippen LogP contribution in [0.1, 0.15) is 38.8 Å². The number of carbonyl (C=O) groups is 1. The fourth-order valence-corrected chi connectivity index (χ4v) is 4.01. The molecular weight excluding hydrogens is 485 g/mol. The maximum atomic E-state index is 13.1. The Hall–Kier alpha value is -3.70. The highest BCUT2D eigenvalue weighted by atomic mass is 35.5. The van der Waals surface area contributed by atoms with Gasteiger partial charge < -0.3 is 20.0 Å². The third kappa shape index (κ3) is 4.52. The monoisotopic (exact) mass is 503 g/mol. The van der Waals surface area contributed by atoms with Crippen molar-refractivity contribution < 1.29 is 14.2 Å². The molecule has 0 fully saturated rings. The van der Waals surface area contributed by atoms with Crippen LogP contribution in [0.5, 0.6) is 0 Å². The van der Waals surface area contributed by atoms with Crippen LogP contribution in [0.4, 0.5) is 11.5 Å². The van der Waals surface area contributed by atoms with Crippen molar-refractivity contribution in [2.75, 3.05) is 5.32 Å². The molecule has 0 saturated heterocycles. The topological polar surface area (TPSA) is 134 Å². The third-order valence-electron chi connectivity index (χ3n) is 5.32. The summed E-state index contributed by atoms with van der Waals surface area (Å²) in [6, 6.07) is 6.54. The van der Waals surface area contributed by atoms with Gasteiger partial charge in [-0.3, -0.25) is 9.48 Å². The van der Waals surface area contributed by atoms with E-state index in [1.54, 1.807) is 36.7 Å². The van der Waals surface area contributed by atoms with Gasteiger partial charge in [-0.05, 0) is 37.8 Å². The van der Waals surface area contributed by atoms with Gasteiger partial charge in [0.15, 0.2) is 5.69 Å². The minimum absolute atomic E-state index is 0.0522. The lowest BCUT2D eigenvalue weighted by atomic mass is 10.1. The van der Waals surface area contributed by atoms with Crippen LogP contribution in [-0.4, -0.2) is 35.5 Å². The summed E-state index contributed by atoms with van der Waals surface area (Å²) in [7, 11) is 0. The van der Waals surface area contributed by atoms with E-state index in [0.29, 0.717) is 45.0 Å². The Morgan fingerprint density at radius 1 is 1.12 bits per heavy atom. The molecule has 4 aromatic rings. The van der Waals surface area contributed by atoms with Crippen molar-refractivity contribution >= 4 is 40.6 Å². The van der Waals surface area contributed by atoms with E-state index < -0.39 is 10.8 Å². The summed E-state index contributed by atoms with van der Waals surface area (Å²) >= 11 is 12.6. The van der Waals surface area contributed by atoms with Crippen LogP contribution >= 0.6 is 23.2 Å². The van der Waals surface area contributed by atoms with E-state index in [9.17, 15) is 14.9 Å². The number of amides is 1. The maximum Gasteiger partial charge on any atom is 0.389 e. The Morgan fingerprint density at radius 3 is 2.47 bits per heavy atom. The highest BCUT2D eigenvalue weighted by Crippen LogP contribution is 2.28. The van der Waals surface area contributed by atoms with Crippen molar-refractivity contribution in [1.29, 1.82) is 0 Å². The largest absolute Gasteiger partial charge is 0.389 e. The molecule has 34 heavy (non-hydrogen) atoms. The smallest absolute Gasteiger partial charge is 0.361 e. The van der Waals surface area contributed by atoms with Crippen molar-refractivity contribution in [3.63, 3.8) is 0 Å². The molecule has 0 bridgehead atoms. The average molecular weight is 504 g/mol. The van der Waals surface area contributed by atoms with E-state index in [2.05, 4.69) is 20.7 Å². The fourth-order valence-electron chi connectivity index (χ4n) is 3.49. The van der Waals surface area contributed by atoms with E-state index in [1.807, 2.05) is 6.92 Å². The number of nitrogens with zero attached hydrogens (tertiary/aromatic N) is 6. The van der Waals surface area contributed by atoms with E-state index >= 15 is 0 Å². The number of nitro groups is 1. The minimum Gasteiger partial charge on any atom is -0.361 e. The van der Waals surface area contributed by atoms with Crippen LogP contribution in [0.15, 0.2) is 35.0 Å². The third-order valence-corrected chi connectivity index (χ3v) is 6.03. The zero-order valence-electron chi connectivity index (χ0n) is 18.4. The molecule has 13 heteroatoms. The summed E-state index contributed by atoms with van der Waals surface area (Å²) < 4.78 is 8.26. The highest BCUT2D eigenvalue weighted by molar-refractivity contribution is 6.36. The van der Waals surface area contributed by atoms with Gasteiger partial charge in [0.25, 0.3) is 5.91 Å². The SMILES string of the molecule is Cc1nn(Cc2c(Cl)cccc2Cl)c(C)c1NC(=O)c1noc(C)c1Cn1ccc([N+](=O)[O-])n1. The number of carbonyl (C=O) groups excluding carboxylic acids is 1. The molecule has 1 N–H and O–H groups in total. The Labute approximate surface area is 203 Å². The first kappa shape index (κ1) is 23.5. The predicted octanol–water partition coefficient (Wildman–Crippen LogP) is 4.56. The minimum atomic E-state index is -0.594. The number of rotatable bonds is 7. The average Bonchev–Trinajstić information content (AvgIpc) is 3.46. The van der Waals surface area contributed by atoms with Gasteiger partial charge in [-0.25, -0.2) is 0 Å². The summed E-state index contributed by atoms with van der Waals surface area (Å²) in [6.07, 6.45) is 1.45. The first-order valence-electron chi connectivity index (χ1n) is 10.1. The van der Waals surface area contributed by atoms with Crippen LogP contribution in [0.3, 0.4) is 0 Å². The van der Waals surface area contributed by atoms with Crippen molar-refractivity contribution in [2.24, 2.45) is 0 Å². The van der Waals surface area contributed by atoms with Gasteiger partial charge in [-0.15, -0.1) is 0 Å². The second kappa shape index (κ2) is 9.27. The number of halogens is 2. The normalized spacial score (nSPS) is 11.1. The van der Waals surface area contributed by atoms with Crippen LogP contribution in [-0.2, 0) is 13.1 Å². The maximum absolute atomic E-state index is 13.1. The van der Waals surface area contributed by atoms with Gasteiger partial charge in [0.2, 0.25) is 0 Å². The lowest BCUT2D eigenvalue weighted by molar-refractivity contribution is -0.389. The molecular formula is C21H19Cl2N7O4. The Morgan fingerprint density at radius 2 is 1.82 bits per heavy atom. The molecule has 0 saturated carbocycles. The summed E-state index contributed by atoms with van der Waals surface area (Å²) in [4.78, 5) is 23.4. The molecule has 11 nitrogen and oxygen atoms in total. The molecule has 0 aliphatic carbocycles. The lowest BCUT2D eigenvalue weighted by Crippen LogP contribution is -2.17. The molecule has 1 aromatic carbocycles. The quantitative estimate of drug-likeness (QED) is 0.288. The number of aryl methyl sites for hydroxylation is 2. The summed E-state index contributed by atoms with van der Waals surface area (Å²) in [5, 5.41) is 27.1. The number of hydrogen-bond donors (Lipinski definition) is 1. The van der Waals surface area contributed by atoms with Gasteiger partial charge in [-0.1, -0.05) is 34.4 Å². The van der Waals surface area contributed by atoms with E-state index in [0.717, 1.165) is 5.56 Å². The van der Waals surface area contributed by atoms with E-state index in [1.165, 1.54) is 16.9 Å². The van der Waals surface area contributed by atoms with Crippen LogP contribution < -0.4 is 5.32 Å². The van der Waals surface area contributed by atoms with Gasteiger partial charge in [0.1, 0.15) is 5.76 Å². The second-order valence-electron chi connectivity index (χ2n) is 7.55. The van der Waals surface area contributed by atoms with Crippen molar-refractivity contribution in [3.05, 3.63) is 84.6 Å². The van der Waals surface area contributed by atoms with Gasteiger partial charge in [0, 0.05) is 15.6 Å². The molecule has 0 aliphatic rings. The molecule has 0 spiro atoms. The standard InChI is InChI=1S/C21H19Cl2N7O4/c1-11-19(12(2)29(25-11)10-15-16(22)5-4-6-17(15)23)24-21(31)20-14(13(3)34-27-20)9-28-8-7-18(26-28)30(32)33/h4-8H,9-10H2,1-3H3,(H,24,31). The second-order valence-corrected chi connectivity index (χ2v) is 8.37. The van der Waals surface area contributed by atoms with E-state index in [-0.39, 0.29) is 18.1 Å². The molecule has 1 amide bonds. The Balaban J connectivity index is 1.57. The van der Waals surface area contributed by atoms with E-state index in [4.69, 9.17) is 27.7 Å². The van der Waals surface area contributed by atoms with Gasteiger partial charge in [-0.2, -0.15) is 9.78 Å². The highest BCUT2D eigenvalue weighted by Gasteiger charge is 2.24. The number of anilines is 1. The molecule has 176 valence electrons. The summed E-state index contributed by atoms with van der Waals surface area (Å²) in [6.45, 7) is 5.64.